The second-order valence-corrected chi connectivity index (χ2v) is 4.17. The Kier molecular flexibility index (Phi) is 3.32. The van der Waals surface area contributed by atoms with Crippen molar-refractivity contribution in [3.05, 3.63) is 29.8 Å². The van der Waals surface area contributed by atoms with Gasteiger partial charge in [0, 0.05) is 0 Å². The minimum atomic E-state index is 0.447. The zero-order chi connectivity index (χ0) is 8.97. The Hall–Kier alpha value is -0.791. The standard InChI is InChI=1S/C9H11NOSe/c1-7(10-11)8-5-3-4-6-9(8)12-2/h3-6,11H,1-2H3/b10-7+. The van der Waals surface area contributed by atoms with Gasteiger partial charge in [-0.05, 0) is 0 Å². The zero-order valence-corrected chi connectivity index (χ0v) is 8.83. The van der Waals surface area contributed by atoms with Crippen molar-refractivity contribution in [1.29, 1.82) is 0 Å². The van der Waals surface area contributed by atoms with E-state index < -0.39 is 0 Å². The van der Waals surface area contributed by atoms with Crippen LogP contribution in [0.2, 0.25) is 5.82 Å². The molecule has 0 saturated carbocycles. The molecule has 0 radical (unpaired) electrons. The molecular formula is C9H11NOSe. The number of hydrogen-bond acceptors (Lipinski definition) is 2. The van der Waals surface area contributed by atoms with Crippen LogP contribution in [0.1, 0.15) is 12.5 Å². The fraction of sp³-hybridized carbons (Fsp3) is 0.222. The van der Waals surface area contributed by atoms with Gasteiger partial charge < -0.3 is 0 Å². The molecule has 1 aromatic carbocycles. The Morgan fingerprint density at radius 2 is 2.08 bits per heavy atom. The molecule has 1 aromatic rings. The summed E-state index contributed by atoms with van der Waals surface area (Å²) >= 11 is 0.447. The molecule has 0 atom stereocenters. The van der Waals surface area contributed by atoms with E-state index >= 15 is 0 Å². The molecule has 2 nitrogen and oxygen atoms in total. The molecule has 1 N–H and O–H groups in total. The maximum absolute atomic E-state index is 8.60. The molecule has 0 amide bonds. The van der Waals surface area contributed by atoms with E-state index in [1.54, 1.807) is 0 Å². The van der Waals surface area contributed by atoms with Gasteiger partial charge in [0.1, 0.15) is 0 Å². The zero-order valence-electron chi connectivity index (χ0n) is 7.11. The molecule has 0 aliphatic carbocycles. The van der Waals surface area contributed by atoms with Crippen LogP contribution in [-0.2, 0) is 0 Å². The normalized spacial score (nSPS) is 11.7. The molecule has 1 rings (SSSR count). The average Bonchev–Trinajstić information content (AvgIpc) is 2.16. The summed E-state index contributed by atoms with van der Waals surface area (Å²) < 4.78 is 1.28. The fourth-order valence-corrected chi connectivity index (χ4v) is 2.36. The summed E-state index contributed by atoms with van der Waals surface area (Å²) in [6, 6.07) is 8.02. The molecule has 0 aromatic heterocycles. The SMILES string of the molecule is C[Se]c1ccccc1/C(C)=N/O. The first-order valence-corrected chi connectivity index (χ1v) is 6.18. The molecule has 0 heterocycles. The van der Waals surface area contributed by atoms with Gasteiger partial charge in [0.05, 0.1) is 0 Å². The molecule has 0 fully saturated rings. The third-order valence-corrected chi connectivity index (χ3v) is 3.32. The van der Waals surface area contributed by atoms with Crippen LogP contribution < -0.4 is 4.46 Å². The van der Waals surface area contributed by atoms with Crippen molar-refractivity contribution >= 4 is 25.1 Å². The summed E-state index contributed by atoms with van der Waals surface area (Å²) in [5, 5.41) is 11.8. The topological polar surface area (TPSA) is 32.6 Å². The van der Waals surface area contributed by atoms with E-state index in [1.807, 2.05) is 25.1 Å². The summed E-state index contributed by atoms with van der Waals surface area (Å²) in [5.41, 5.74) is 1.75. The number of rotatable bonds is 2. The predicted molar refractivity (Wildman–Crippen MR) is 51.7 cm³/mol. The molecule has 0 aliphatic rings. The molecule has 12 heavy (non-hydrogen) atoms. The van der Waals surface area contributed by atoms with Crippen molar-refractivity contribution in [2.45, 2.75) is 12.7 Å². The van der Waals surface area contributed by atoms with Gasteiger partial charge in [-0.25, -0.2) is 0 Å². The molecule has 0 spiro atoms. The predicted octanol–water partition coefficient (Wildman–Crippen LogP) is 1.26. The summed E-state index contributed by atoms with van der Waals surface area (Å²) in [5.74, 6) is 2.15. The Morgan fingerprint density at radius 1 is 1.42 bits per heavy atom. The first kappa shape index (κ1) is 9.30. The van der Waals surface area contributed by atoms with Gasteiger partial charge in [-0.1, -0.05) is 0 Å². The van der Waals surface area contributed by atoms with Crippen LogP contribution in [0.25, 0.3) is 0 Å². The summed E-state index contributed by atoms with van der Waals surface area (Å²) in [4.78, 5) is 0. The van der Waals surface area contributed by atoms with Gasteiger partial charge in [0.2, 0.25) is 0 Å². The summed E-state index contributed by atoms with van der Waals surface area (Å²) in [7, 11) is 0. The van der Waals surface area contributed by atoms with E-state index in [0.29, 0.717) is 20.7 Å². The van der Waals surface area contributed by atoms with Crippen LogP contribution in [0.4, 0.5) is 0 Å². The molecule has 0 bridgehead atoms. The van der Waals surface area contributed by atoms with E-state index in [0.717, 1.165) is 5.56 Å². The van der Waals surface area contributed by atoms with Gasteiger partial charge in [-0.3, -0.25) is 0 Å². The van der Waals surface area contributed by atoms with Gasteiger partial charge in [0.25, 0.3) is 0 Å². The quantitative estimate of drug-likeness (QED) is 0.351. The first-order valence-electron chi connectivity index (χ1n) is 3.61. The summed E-state index contributed by atoms with van der Waals surface area (Å²) in [6.07, 6.45) is 0. The van der Waals surface area contributed by atoms with Crippen LogP contribution in [-0.4, -0.2) is 25.9 Å². The Labute approximate surface area is 78.5 Å². The fourth-order valence-electron chi connectivity index (χ4n) is 0.997. The average molecular weight is 228 g/mol. The van der Waals surface area contributed by atoms with Crippen LogP contribution in [0.15, 0.2) is 29.4 Å². The van der Waals surface area contributed by atoms with Crippen molar-refractivity contribution in [2.75, 3.05) is 0 Å². The van der Waals surface area contributed by atoms with Crippen LogP contribution in [0.5, 0.6) is 0 Å². The van der Waals surface area contributed by atoms with E-state index in [9.17, 15) is 0 Å². The number of nitrogens with zero attached hydrogens (tertiary/aromatic N) is 1. The molecule has 0 unspecified atom stereocenters. The number of benzene rings is 1. The Balaban J connectivity index is 3.13. The van der Waals surface area contributed by atoms with E-state index in [2.05, 4.69) is 17.0 Å². The second kappa shape index (κ2) is 4.29. The van der Waals surface area contributed by atoms with Gasteiger partial charge in [-0.15, -0.1) is 0 Å². The van der Waals surface area contributed by atoms with Crippen molar-refractivity contribution in [2.24, 2.45) is 5.16 Å². The van der Waals surface area contributed by atoms with Crippen LogP contribution in [0, 0.1) is 0 Å². The molecular weight excluding hydrogens is 217 g/mol. The van der Waals surface area contributed by atoms with E-state index in [-0.39, 0.29) is 0 Å². The van der Waals surface area contributed by atoms with Gasteiger partial charge in [-0.2, -0.15) is 0 Å². The van der Waals surface area contributed by atoms with Crippen molar-refractivity contribution in [3.63, 3.8) is 0 Å². The molecule has 64 valence electrons. The molecule has 0 aliphatic heterocycles. The van der Waals surface area contributed by atoms with Crippen molar-refractivity contribution < 1.29 is 5.21 Å². The van der Waals surface area contributed by atoms with Gasteiger partial charge in [0.15, 0.2) is 0 Å². The van der Waals surface area contributed by atoms with E-state index in [4.69, 9.17) is 5.21 Å². The minimum absolute atomic E-state index is 0.447. The number of hydrogen-bond donors (Lipinski definition) is 1. The number of oxime groups is 1. The van der Waals surface area contributed by atoms with E-state index in [1.165, 1.54) is 4.46 Å². The van der Waals surface area contributed by atoms with Crippen LogP contribution >= 0.6 is 0 Å². The second-order valence-electron chi connectivity index (χ2n) is 2.39. The van der Waals surface area contributed by atoms with Gasteiger partial charge >= 0.3 is 78.1 Å². The van der Waals surface area contributed by atoms with Crippen molar-refractivity contribution in [3.8, 4) is 0 Å². The third kappa shape index (κ3) is 1.87. The Morgan fingerprint density at radius 3 is 2.67 bits per heavy atom. The monoisotopic (exact) mass is 229 g/mol. The molecule has 0 saturated heterocycles. The summed E-state index contributed by atoms with van der Waals surface area (Å²) in [6.45, 7) is 1.81. The Bertz CT molecular complexity index is 296. The first-order chi connectivity index (χ1) is 5.79. The third-order valence-electron chi connectivity index (χ3n) is 1.65. The van der Waals surface area contributed by atoms with Crippen molar-refractivity contribution in [1.82, 2.24) is 0 Å². The maximum atomic E-state index is 8.60. The molecule has 3 heteroatoms. The van der Waals surface area contributed by atoms with Crippen LogP contribution in [0.3, 0.4) is 0 Å².